The average molecular weight is 294 g/mol. The number of non-ortho nitro benzene ring substituents is 1. The quantitative estimate of drug-likeness (QED) is 0.655. The van der Waals surface area contributed by atoms with Crippen LogP contribution in [0, 0.1) is 16.0 Å². The number of amides is 1. The second kappa shape index (κ2) is 6.53. The summed E-state index contributed by atoms with van der Waals surface area (Å²) in [7, 11) is 1.38. The summed E-state index contributed by atoms with van der Waals surface area (Å²) in [5.74, 6) is 0.324. The summed E-state index contributed by atoms with van der Waals surface area (Å²) < 4.78 is 5.10. The number of hydrogen-bond donors (Lipinski definition) is 1. The number of carbonyl (C=O) groups excluding carboxylic acids is 1. The summed E-state index contributed by atoms with van der Waals surface area (Å²) in [6, 6.07) is 3.99. The van der Waals surface area contributed by atoms with Gasteiger partial charge in [0.25, 0.3) is 11.6 Å². The molecule has 21 heavy (non-hydrogen) atoms. The average Bonchev–Trinajstić information content (AvgIpc) is 2.94. The number of nitro benzene ring substituents is 1. The van der Waals surface area contributed by atoms with E-state index < -0.39 is 4.92 Å². The highest BCUT2D eigenvalue weighted by Crippen LogP contribution is 2.28. The van der Waals surface area contributed by atoms with Gasteiger partial charge in [0.15, 0.2) is 0 Å². The van der Waals surface area contributed by atoms with Crippen molar-refractivity contribution in [2.45, 2.75) is 12.8 Å². The van der Waals surface area contributed by atoms with E-state index in [2.05, 4.69) is 0 Å². The van der Waals surface area contributed by atoms with Gasteiger partial charge in [0, 0.05) is 25.8 Å². The van der Waals surface area contributed by atoms with Crippen LogP contribution in [0.25, 0.3) is 0 Å². The fraction of sp³-hybridized carbons (Fsp3) is 0.500. The third-order valence-electron chi connectivity index (χ3n) is 3.74. The number of hydrogen-bond acceptors (Lipinski definition) is 5. The number of aliphatic hydroxyl groups excluding tert-OH is 1. The normalized spacial score (nSPS) is 17.8. The van der Waals surface area contributed by atoms with Crippen molar-refractivity contribution in [3.05, 3.63) is 33.9 Å². The molecule has 0 aliphatic carbocycles. The van der Waals surface area contributed by atoms with Gasteiger partial charge in [-0.2, -0.15) is 0 Å². The number of methoxy groups -OCH3 is 1. The molecular formula is C14H18N2O5. The van der Waals surface area contributed by atoms with Gasteiger partial charge in [0.1, 0.15) is 5.75 Å². The van der Waals surface area contributed by atoms with Crippen LogP contribution >= 0.6 is 0 Å². The van der Waals surface area contributed by atoms with Crippen molar-refractivity contribution in [2.75, 3.05) is 26.8 Å². The maximum Gasteiger partial charge on any atom is 0.273 e. The number of ether oxygens (including phenoxy) is 1. The van der Waals surface area contributed by atoms with Gasteiger partial charge in [-0.15, -0.1) is 0 Å². The van der Waals surface area contributed by atoms with E-state index in [1.807, 2.05) is 0 Å². The number of benzene rings is 1. The zero-order chi connectivity index (χ0) is 15.4. The third-order valence-corrected chi connectivity index (χ3v) is 3.74. The molecule has 0 saturated carbocycles. The number of likely N-dealkylation sites (tertiary alicyclic amines) is 1. The summed E-state index contributed by atoms with van der Waals surface area (Å²) in [5, 5.41) is 19.7. The van der Waals surface area contributed by atoms with Gasteiger partial charge in [-0.25, -0.2) is 0 Å². The highest BCUT2D eigenvalue weighted by molar-refractivity contribution is 5.97. The van der Waals surface area contributed by atoms with Gasteiger partial charge < -0.3 is 14.7 Å². The first kappa shape index (κ1) is 15.2. The lowest BCUT2D eigenvalue weighted by Crippen LogP contribution is -2.29. The molecule has 0 aromatic heterocycles. The smallest absolute Gasteiger partial charge is 0.273 e. The zero-order valence-corrected chi connectivity index (χ0v) is 11.8. The Morgan fingerprint density at radius 3 is 2.95 bits per heavy atom. The van der Waals surface area contributed by atoms with E-state index >= 15 is 0 Å². The van der Waals surface area contributed by atoms with E-state index in [1.165, 1.54) is 25.3 Å². The molecule has 0 spiro atoms. The predicted molar refractivity (Wildman–Crippen MR) is 75.4 cm³/mol. The molecule has 7 nitrogen and oxygen atoms in total. The summed E-state index contributed by atoms with van der Waals surface area (Å²) in [4.78, 5) is 24.4. The second-order valence-electron chi connectivity index (χ2n) is 5.06. The molecule has 2 rings (SSSR count). The van der Waals surface area contributed by atoms with Crippen LogP contribution in [0.1, 0.15) is 23.2 Å². The maximum atomic E-state index is 12.5. The predicted octanol–water partition coefficient (Wildman–Crippen LogP) is 1.45. The van der Waals surface area contributed by atoms with E-state index in [1.54, 1.807) is 4.90 Å². The van der Waals surface area contributed by atoms with E-state index in [9.17, 15) is 14.9 Å². The molecule has 1 saturated heterocycles. The maximum absolute atomic E-state index is 12.5. The van der Waals surface area contributed by atoms with Crippen LogP contribution in [0.2, 0.25) is 0 Å². The van der Waals surface area contributed by atoms with Gasteiger partial charge in [-0.3, -0.25) is 14.9 Å². The van der Waals surface area contributed by atoms with Gasteiger partial charge in [-0.05, 0) is 24.8 Å². The van der Waals surface area contributed by atoms with Crippen LogP contribution in [0.4, 0.5) is 5.69 Å². The van der Waals surface area contributed by atoms with Crippen LogP contribution in [0.15, 0.2) is 18.2 Å². The minimum atomic E-state index is -0.524. The number of aliphatic hydroxyl groups is 1. The first-order valence-electron chi connectivity index (χ1n) is 6.79. The Morgan fingerprint density at radius 1 is 1.57 bits per heavy atom. The Bertz CT molecular complexity index is 546. The van der Waals surface area contributed by atoms with Crippen LogP contribution in [0.5, 0.6) is 5.75 Å². The van der Waals surface area contributed by atoms with E-state index in [0.717, 1.165) is 6.42 Å². The molecule has 1 aromatic carbocycles. The largest absolute Gasteiger partial charge is 0.496 e. The fourth-order valence-electron chi connectivity index (χ4n) is 2.58. The van der Waals surface area contributed by atoms with Crippen molar-refractivity contribution in [3.8, 4) is 5.75 Å². The van der Waals surface area contributed by atoms with Crippen LogP contribution < -0.4 is 4.74 Å². The molecule has 0 radical (unpaired) electrons. The van der Waals surface area contributed by atoms with Crippen LogP contribution in [-0.2, 0) is 0 Å². The first-order valence-corrected chi connectivity index (χ1v) is 6.79. The Morgan fingerprint density at radius 2 is 2.33 bits per heavy atom. The monoisotopic (exact) mass is 294 g/mol. The van der Waals surface area contributed by atoms with Crippen molar-refractivity contribution in [1.29, 1.82) is 0 Å². The van der Waals surface area contributed by atoms with E-state index in [-0.39, 0.29) is 24.0 Å². The Labute approximate surface area is 122 Å². The molecule has 1 aromatic rings. The van der Waals surface area contributed by atoms with Gasteiger partial charge >= 0.3 is 0 Å². The topological polar surface area (TPSA) is 92.9 Å². The summed E-state index contributed by atoms with van der Waals surface area (Å²) in [6.07, 6.45) is 1.54. The lowest BCUT2D eigenvalue weighted by Gasteiger charge is -2.18. The molecule has 7 heteroatoms. The van der Waals surface area contributed by atoms with Crippen LogP contribution in [-0.4, -0.2) is 47.6 Å². The molecule has 114 valence electrons. The fourth-order valence-corrected chi connectivity index (χ4v) is 2.58. The minimum Gasteiger partial charge on any atom is -0.496 e. The molecule has 1 N–H and O–H groups in total. The third kappa shape index (κ3) is 3.30. The number of carbonyl (C=O) groups is 1. The van der Waals surface area contributed by atoms with Gasteiger partial charge in [0.2, 0.25) is 0 Å². The number of nitrogens with zero attached hydrogens (tertiary/aromatic N) is 2. The van der Waals surface area contributed by atoms with Crippen molar-refractivity contribution in [2.24, 2.45) is 5.92 Å². The molecule has 1 unspecified atom stereocenters. The highest BCUT2D eigenvalue weighted by atomic mass is 16.6. The molecular weight excluding hydrogens is 276 g/mol. The Hall–Kier alpha value is -2.15. The number of nitro groups is 1. The lowest BCUT2D eigenvalue weighted by molar-refractivity contribution is -0.384. The Kier molecular flexibility index (Phi) is 4.74. The SMILES string of the molecule is COc1cc([N+](=O)[O-])ccc1C(=O)N1CCC(CCO)C1. The van der Waals surface area contributed by atoms with Crippen molar-refractivity contribution in [1.82, 2.24) is 4.90 Å². The molecule has 1 fully saturated rings. The molecule has 1 atom stereocenters. The lowest BCUT2D eigenvalue weighted by atomic mass is 10.1. The molecule has 1 amide bonds. The number of rotatable bonds is 5. The zero-order valence-electron chi connectivity index (χ0n) is 11.8. The van der Waals surface area contributed by atoms with Crippen molar-refractivity contribution in [3.63, 3.8) is 0 Å². The minimum absolute atomic E-state index is 0.108. The summed E-state index contributed by atoms with van der Waals surface area (Å²) >= 11 is 0. The van der Waals surface area contributed by atoms with Gasteiger partial charge in [0.05, 0.1) is 23.7 Å². The molecule has 1 heterocycles. The summed E-state index contributed by atoms with van der Waals surface area (Å²) in [6.45, 7) is 1.34. The van der Waals surface area contributed by atoms with Crippen LogP contribution in [0.3, 0.4) is 0 Å². The standard InChI is InChI=1S/C14H18N2O5/c1-21-13-8-11(16(19)20)2-3-12(13)14(18)15-6-4-10(9-15)5-7-17/h2-3,8,10,17H,4-7,9H2,1H3. The van der Waals surface area contributed by atoms with E-state index in [0.29, 0.717) is 31.0 Å². The first-order chi connectivity index (χ1) is 10.1. The second-order valence-corrected chi connectivity index (χ2v) is 5.06. The Balaban J connectivity index is 2.18. The highest BCUT2D eigenvalue weighted by Gasteiger charge is 2.28. The van der Waals surface area contributed by atoms with Crippen molar-refractivity contribution >= 4 is 11.6 Å². The molecule has 0 bridgehead atoms. The van der Waals surface area contributed by atoms with E-state index in [4.69, 9.17) is 9.84 Å². The van der Waals surface area contributed by atoms with Crippen molar-refractivity contribution < 1.29 is 19.6 Å². The molecule has 1 aliphatic heterocycles. The van der Waals surface area contributed by atoms with Gasteiger partial charge in [-0.1, -0.05) is 0 Å². The summed E-state index contributed by atoms with van der Waals surface area (Å²) in [5.41, 5.74) is 0.218. The molecule has 1 aliphatic rings.